The van der Waals surface area contributed by atoms with E-state index in [-0.39, 0.29) is 11.3 Å². The number of hydrogen-bond acceptors (Lipinski definition) is 1. The zero-order chi connectivity index (χ0) is 13.9. The largest absolute Gasteiger partial charge is 0.371 e. The molecule has 3 heteroatoms. The van der Waals surface area contributed by atoms with E-state index in [2.05, 4.69) is 13.5 Å². The molecule has 2 saturated carbocycles. The summed E-state index contributed by atoms with van der Waals surface area (Å²) in [5.41, 5.74) is -0.00852. The first-order valence-corrected chi connectivity index (χ1v) is 7.59. The van der Waals surface area contributed by atoms with Gasteiger partial charge in [0.1, 0.15) is 6.17 Å². The van der Waals surface area contributed by atoms with Crippen LogP contribution in [0.5, 0.6) is 0 Å². The van der Waals surface area contributed by atoms with Gasteiger partial charge in [-0.15, -0.1) is 6.58 Å². The molecular formula is C16H26F2O. The average Bonchev–Trinajstić information content (AvgIpc) is 2.41. The molecule has 0 radical (unpaired) electrons. The summed E-state index contributed by atoms with van der Waals surface area (Å²) in [5, 5.41) is 0. The molecule has 0 bridgehead atoms. The third-order valence-electron chi connectivity index (χ3n) is 5.13. The molecule has 0 aromatic heterocycles. The zero-order valence-corrected chi connectivity index (χ0v) is 11.9. The second-order valence-corrected chi connectivity index (χ2v) is 6.45. The summed E-state index contributed by atoms with van der Waals surface area (Å²) in [7, 11) is 0. The van der Waals surface area contributed by atoms with Gasteiger partial charge in [-0.1, -0.05) is 32.3 Å². The van der Waals surface area contributed by atoms with Crippen molar-refractivity contribution >= 4 is 0 Å². The molecule has 1 nitrogen and oxygen atoms in total. The highest BCUT2D eigenvalue weighted by molar-refractivity contribution is 4.97. The molecule has 0 N–H and O–H groups in total. The van der Waals surface area contributed by atoms with Crippen molar-refractivity contribution in [1.82, 2.24) is 0 Å². The minimum Gasteiger partial charge on any atom is -0.371 e. The maximum Gasteiger partial charge on any atom is 0.157 e. The van der Waals surface area contributed by atoms with E-state index in [4.69, 9.17) is 4.74 Å². The molecule has 0 heterocycles. The van der Waals surface area contributed by atoms with E-state index >= 15 is 0 Å². The van der Waals surface area contributed by atoms with Gasteiger partial charge in [0.15, 0.2) is 6.17 Å². The molecule has 0 spiro atoms. The Labute approximate surface area is 115 Å². The normalized spacial score (nSPS) is 38.9. The summed E-state index contributed by atoms with van der Waals surface area (Å²) in [6.45, 7) is 6.01. The van der Waals surface area contributed by atoms with Crippen LogP contribution in [0, 0.1) is 11.3 Å². The second kappa shape index (κ2) is 6.34. The number of halogens is 2. The van der Waals surface area contributed by atoms with E-state index in [1.54, 1.807) is 6.08 Å². The quantitative estimate of drug-likeness (QED) is 0.679. The summed E-state index contributed by atoms with van der Waals surface area (Å²) >= 11 is 0. The van der Waals surface area contributed by atoms with E-state index in [0.29, 0.717) is 13.0 Å². The molecule has 0 aromatic rings. The first-order valence-electron chi connectivity index (χ1n) is 7.59. The predicted octanol–water partition coefficient (Wildman–Crippen LogP) is 4.61. The molecule has 0 amide bonds. The fourth-order valence-corrected chi connectivity index (χ4v) is 3.92. The van der Waals surface area contributed by atoms with Crippen molar-refractivity contribution in [2.45, 2.75) is 70.3 Å². The Morgan fingerprint density at radius 1 is 1.16 bits per heavy atom. The SMILES string of the molecule is C=CCOC1CCC(C2(C)CCCCC2)C(F)C1F. The Balaban J connectivity index is 1.99. The van der Waals surface area contributed by atoms with E-state index in [1.807, 2.05) is 0 Å². The molecule has 0 aromatic carbocycles. The molecular weight excluding hydrogens is 246 g/mol. The summed E-state index contributed by atoms with van der Waals surface area (Å²) in [6, 6.07) is 0. The van der Waals surface area contributed by atoms with Gasteiger partial charge in [-0.25, -0.2) is 8.78 Å². The van der Waals surface area contributed by atoms with E-state index in [9.17, 15) is 8.78 Å². The third-order valence-corrected chi connectivity index (χ3v) is 5.13. The van der Waals surface area contributed by atoms with Gasteiger partial charge in [0.05, 0.1) is 12.7 Å². The predicted molar refractivity (Wildman–Crippen MR) is 73.6 cm³/mol. The van der Waals surface area contributed by atoms with Gasteiger partial charge < -0.3 is 4.74 Å². The summed E-state index contributed by atoms with van der Waals surface area (Å²) in [4.78, 5) is 0. The van der Waals surface area contributed by atoms with E-state index < -0.39 is 18.4 Å². The Kier molecular flexibility index (Phi) is 4.99. The van der Waals surface area contributed by atoms with Crippen molar-refractivity contribution in [3.63, 3.8) is 0 Å². The lowest BCUT2D eigenvalue weighted by Crippen LogP contribution is -2.48. The molecule has 0 saturated heterocycles. The van der Waals surface area contributed by atoms with Crippen LogP contribution in [0.3, 0.4) is 0 Å². The highest BCUT2D eigenvalue weighted by Crippen LogP contribution is 2.49. The Hall–Kier alpha value is -0.440. The monoisotopic (exact) mass is 272 g/mol. The zero-order valence-electron chi connectivity index (χ0n) is 11.9. The van der Waals surface area contributed by atoms with Gasteiger partial charge in [0.2, 0.25) is 0 Å². The number of alkyl halides is 2. The van der Waals surface area contributed by atoms with Crippen molar-refractivity contribution in [1.29, 1.82) is 0 Å². The fourth-order valence-electron chi connectivity index (χ4n) is 3.92. The average molecular weight is 272 g/mol. The minimum atomic E-state index is -1.47. The fraction of sp³-hybridized carbons (Fsp3) is 0.875. The van der Waals surface area contributed by atoms with Crippen LogP contribution in [0.4, 0.5) is 8.78 Å². The molecule has 0 aliphatic heterocycles. The lowest BCUT2D eigenvalue weighted by molar-refractivity contribution is -0.0977. The number of hydrogen-bond donors (Lipinski definition) is 0. The van der Waals surface area contributed by atoms with Crippen LogP contribution in [0.2, 0.25) is 0 Å². The van der Waals surface area contributed by atoms with Crippen LogP contribution in [0.25, 0.3) is 0 Å². The first kappa shape index (κ1) is 15.0. The molecule has 4 atom stereocenters. The van der Waals surface area contributed by atoms with Gasteiger partial charge in [0.25, 0.3) is 0 Å². The standard InChI is InChI=1S/C16H26F2O/c1-3-11-19-13-8-7-12(14(17)15(13)18)16(2)9-5-4-6-10-16/h3,12-15H,1,4-11H2,2H3. The molecule has 2 rings (SSSR count). The van der Waals surface area contributed by atoms with Crippen LogP contribution >= 0.6 is 0 Å². The summed E-state index contributed by atoms with van der Waals surface area (Å²) < 4.78 is 34.0. The van der Waals surface area contributed by atoms with E-state index in [0.717, 1.165) is 32.1 Å². The molecule has 2 aliphatic rings. The van der Waals surface area contributed by atoms with Gasteiger partial charge in [-0.05, 0) is 37.0 Å². The van der Waals surface area contributed by atoms with Crippen molar-refractivity contribution in [2.24, 2.45) is 11.3 Å². The number of ether oxygens (including phenoxy) is 1. The maximum atomic E-state index is 14.5. The lowest BCUT2D eigenvalue weighted by atomic mass is 9.61. The van der Waals surface area contributed by atoms with Gasteiger partial charge in [-0.2, -0.15) is 0 Å². The highest BCUT2D eigenvalue weighted by atomic mass is 19.2. The highest BCUT2D eigenvalue weighted by Gasteiger charge is 2.48. The van der Waals surface area contributed by atoms with Crippen LogP contribution < -0.4 is 0 Å². The van der Waals surface area contributed by atoms with Crippen molar-refractivity contribution in [3.05, 3.63) is 12.7 Å². The topological polar surface area (TPSA) is 9.23 Å². The lowest BCUT2D eigenvalue weighted by Gasteiger charge is -2.46. The first-order chi connectivity index (χ1) is 9.08. The van der Waals surface area contributed by atoms with Crippen molar-refractivity contribution < 1.29 is 13.5 Å². The molecule has 2 aliphatic carbocycles. The van der Waals surface area contributed by atoms with Crippen molar-refractivity contribution in [3.8, 4) is 0 Å². The second-order valence-electron chi connectivity index (χ2n) is 6.45. The van der Waals surface area contributed by atoms with Gasteiger partial charge in [-0.3, -0.25) is 0 Å². The van der Waals surface area contributed by atoms with E-state index in [1.165, 1.54) is 6.42 Å². The Morgan fingerprint density at radius 3 is 2.47 bits per heavy atom. The molecule has 2 fully saturated rings. The van der Waals surface area contributed by atoms with Crippen LogP contribution in [0.15, 0.2) is 12.7 Å². The number of rotatable bonds is 4. The van der Waals surface area contributed by atoms with Gasteiger partial charge in [0, 0.05) is 0 Å². The van der Waals surface area contributed by atoms with Crippen LogP contribution in [-0.4, -0.2) is 25.1 Å². The molecule has 19 heavy (non-hydrogen) atoms. The van der Waals surface area contributed by atoms with Gasteiger partial charge >= 0.3 is 0 Å². The summed E-state index contributed by atoms with van der Waals surface area (Å²) in [6.07, 6.45) is 5.19. The molecule has 110 valence electrons. The summed E-state index contributed by atoms with van der Waals surface area (Å²) in [5.74, 6) is -0.133. The maximum absolute atomic E-state index is 14.5. The smallest absolute Gasteiger partial charge is 0.157 e. The van der Waals surface area contributed by atoms with Crippen LogP contribution in [0.1, 0.15) is 51.9 Å². The van der Waals surface area contributed by atoms with Crippen molar-refractivity contribution in [2.75, 3.05) is 6.61 Å². The molecule has 4 unspecified atom stereocenters. The minimum absolute atomic E-state index is 0.00852. The Morgan fingerprint density at radius 2 is 1.84 bits per heavy atom. The van der Waals surface area contributed by atoms with Crippen LogP contribution in [-0.2, 0) is 4.74 Å². The Bertz CT molecular complexity index is 299. The third kappa shape index (κ3) is 3.18.